The van der Waals surface area contributed by atoms with Crippen molar-refractivity contribution in [3.63, 3.8) is 0 Å². The number of carbonyl (C=O) groups excluding carboxylic acids is 1. The lowest BCUT2D eigenvalue weighted by Gasteiger charge is -2.22. The largest absolute Gasteiger partial charge is 0.325 e. The molecule has 3 N–H and O–H groups in total. The van der Waals surface area contributed by atoms with Gasteiger partial charge in [0.15, 0.2) is 0 Å². The number of primary sulfonamides is 1. The summed E-state index contributed by atoms with van der Waals surface area (Å²) in [6.45, 7) is -0.511. The third kappa shape index (κ3) is 6.15. The van der Waals surface area contributed by atoms with E-state index < -0.39 is 32.5 Å². The number of nitrogens with zero attached hydrogens (tertiary/aromatic N) is 1. The molecule has 0 aliphatic carbocycles. The third-order valence-corrected chi connectivity index (χ3v) is 7.43. The first kappa shape index (κ1) is 23.9. The van der Waals surface area contributed by atoms with Gasteiger partial charge in [-0.1, -0.05) is 41.9 Å². The Labute approximate surface area is 191 Å². The predicted molar refractivity (Wildman–Crippen MR) is 122 cm³/mol. The van der Waals surface area contributed by atoms with Crippen LogP contribution in [0.25, 0.3) is 0 Å². The van der Waals surface area contributed by atoms with Crippen molar-refractivity contribution < 1.29 is 21.6 Å². The maximum Gasteiger partial charge on any atom is 0.243 e. The third-order valence-electron chi connectivity index (χ3n) is 4.44. The Kier molecular flexibility index (Phi) is 7.32. The van der Waals surface area contributed by atoms with E-state index in [0.717, 1.165) is 4.31 Å². The Hall–Kier alpha value is -2.76. The fourth-order valence-corrected chi connectivity index (χ4v) is 4.90. The molecule has 32 heavy (non-hydrogen) atoms. The summed E-state index contributed by atoms with van der Waals surface area (Å²) < 4.78 is 50.1. The first-order valence-corrected chi connectivity index (χ1v) is 12.6. The van der Waals surface area contributed by atoms with Crippen LogP contribution in [0.15, 0.2) is 88.7 Å². The quantitative estimate of drug-likeness (QED) is 0.499. The van der Waals surface area contributed by atoms with Crippen molar-refractivity contribution in [2.75, 3.05) is 11.9 Å². The van der Waals surface area contributed by atoms with Crippen molar-refractivity contribution in [3.8, 4) is 0 Å². The highest BCUT2D eigenvalue weighted by molar-refractivity contribution is 7.89. The van der Waals surface area contributed by atoms with Gasteiger partial charge >= 0.3 is 0 Å². The Morgan fingerprint density at radius 3 is 2.00 bits per heavy atom. The second kappa shape index (κ2) is 9.80. The minimum Gasteiger partial charge on any atom is -0.325 e. The molecular formula is C21H20ClN3O5S2. The average Bonchev–Trinajstić information content (AvgIpc) is 2.75. The van der Waals surface area contributed by atoms with Crippen LogP contribution >= 0.6 is 11.6 Å². The van der Waals surface area contributed by atoms with Crippen molar-refractivity contribution in [1.82, 2.24) is 4.31 Å². The second-order valence-corrected chi connectivity index (χ2v) is 10.8. The maximum absolute atomic E-state index is 13.2. The van der Waals surface area contributed by atoms with E-state index in [2.05, 4.69) is 5.32 Å². The Bertz CT molecular complexity index is 1300. The summed E-state index contributed by atoms with van der Waals surface area (Å²) in [5, 5.41) is 8.14. The molecule has 1 amide bonds. The molecule has 0 saturated heterocycles. The molecule has 3 rings (SSSR count). The lowest BCUT2D eigenvalue weighted by molar-refractivity contribution is -0.116. The van der Waals surface area contributed by atoms with Crippen LogP contribution in [0.5, 0.6) is 0 Å². The highest BCUT2D eigenvalue weighted by Crippen LogP contribution is 2.20. The molecule has 0 fully saturated rings. The van der Waals surface area contributed by atoms with Gasteiger partial charge in [-0.2, -0.15) is 4.31 Å². The van der Waals surface area contributed by atoms with E-state index in [4.69, 9.17) is 16.7 Å². The van der Waals surface area contributed by atoms with E-state index in [9.17, 15) is 21.6 Å². The number of hydrogen-bond donors (Lipinski definition) is 2. The van der Waals surface area contributed by atoms with Crippen molar-refractivity contribution >= 4 is 43.2 Å². The van der Waals surface area contributed by atoms with E-state index in [1.807, 2.05) is 0 Å². The summed E-state index contributed by atoms with van der Waals surface area (Å²) in [5.41, 5.74) is 0.949. The van der Waals surface area contributed by atoms with Gasteiger partial charge in [0.2, 0.25) is 26.0 Å². The number of nitrogens with one attached hydrogen (secondary N) is 1. The first-order valence-electron chi connectivity index (χ1n) is 9.28. The van der Waals surface area contributed by atoms with E-state index in [-0.39, 0.29) is 16.3 Å². The molecule has 0 aliphatic heterocycles. The van der Waals surface area contributed by atoms with E-state index in [0.29, 0.717) is 16.3 Å². The molecule has 0 saturated carbocycles. The van der Waals surface area contributed by atoms with Crippen LogP contribution in [0.4, 0.5) is 5.69 Å². The maximum atomic E-state index is 13.2. The summed E-state index contributed by atoms with van der Waals surface area (Å²) in [4.78, 5) is 12.6. The lowest BCUT2D eigenvalue weighted by Crippen LogP contribution is -2.37. The smallest absolute Gasteiger partial charge is 0.243 e. The van der Waals surface area contributed by atoms with Gasteiger partial charge in [0.25, 0.3) is 0 Å². The Morgan fingerprint density at radius 2 is 1.44 bits per heavy atom. The fraction of sp³-hybridized carbons (Fsp3) is 0.0952. The lowest BCUT2D eigenvalue weighted by atomic mass is 10.2. The van der Waals surface area contributed by atoms with Gasteiger partial charge in [-0.15, -0.1) is 0 Å². The minimum atomic E-state index is -3.98. The monoisotopic (exact) mass is 493 g/mol. The minimum absolute atomic E-state index is 0.0494. The van der Waals surface area contributed by atoms with Gasteiger partial charge in [0.05, 0.1) is 16.3 Å². The molecule has 0 bridgehead atoms. The predicted octanol–water partition coefficient (Wildman–Crippen LogP) is 2.82. The fourth-order valence-electron chi connectivity index (χ4n) is 2.85. The zero-order valence-electron chi connectivity index (χ0n) is 16.7. The van der Waals surface area contributed by atoms with Crippen molar-refractivity contribution in [2.24, 2.45) is 5.14 Å². The highest BCUT2D eigenvalue weighted by Gasteiger charge is 2.27. The number of benzene rings is 3. The number of halogens is 1. The number of amides is 1. The van der Waals surface area contributed by atoms with Crippen LogP contribution in [0.2, 0.25) is 5.02 Å². The topological polar surface area (TPSA) is 127 Å². The molecule has 3 aromatic rings. The summed E-state index contributed by atoms with van der Waals surface area (Å²) in [6, 6.07) is 19.7. The average molecular weight is 494 g/mol. The molecule has 3 aromatic carbocycles. The van der Waals surface area contributed by atoms with Gasteiger partial charge in [-0.25, -0.2) is 22.0 Å². The number of carbonyl (C=O) groups is 1. The summed E-state index contributed by atoms with van der Waals surface area (Å²) in [6.07, 6.45) is 0. The van der Waals surface area contributed by atoms with Gasteiger partial charge in [-0.05, 0) is 54.1 Å². The SMILES string of the molecule is NS(=O)(=O)c1ccc(NC(=O)CN(Cc2ccc(Cl)cc2)S(=O)(=O)c2ccccc2)cc1. The van der Waals surface area contributed by atoms with Crippen LogP contribution in [0, 0.1) is 0 Å². The van der Waals surface area contributed by atoms with Gasteiger partial charge in [0, 0.05) is 17.3 Å². The number of rotatable bonds is 8. The number of nitrogens with two attached hydrogens (primary N) is 1. The number of anilines is 1. The molecule has 0 radical (unpaired) electrons. The second-order valence-electron chi connectivity index (χ2n) is 6.83. The number of sulfonamides is 2. The van der Waals surface area contributed by atoms with Crippen molar-refractivity contribution in [1.29, 1.82) is 0 Å². The molecule has 168 valence electrons. The van der Waals surface area contributed by atoms with Gasteiger partial charge in [-0.3, -0.25) is 4.79 Å². The molecule has 8 nitrogen and oxygen atoms in total. The van der Waals surface area contributed by atoms with Gasteiger partial charge in [0.1, 0.15) is 0 Å². The Balaban J connectivity index is 1.83. The molecule has 0 spiro atoms. The summed E-state index contributed by atoms with van der Waals surface area (Å²) in [5.74, 6) is -0.596. The first-order chi connectivity index (χ1) is 15.1. The summed E-state index contributed by atoms with van der Waals surface area (Å²) in [7, 11) is -7.84. The number of hydrogen-bond acceptors (Lipinski definition) is 5. The van der Waals surface area contributed by atoms with Gasteiger partial charge < -0.3 is 5.32 Å². The van der Waals surface area contributed by atoms with E-state index in [1.165, 1.54) is 36.4 Å². The molecule has 0 atom stereocenters. The Morgan fingerprint density at radius 1 is 0.844 bits per heavy atom. The van der Waals surface area contributed by atoms with Crippen LogP contribution in [-0.2, 0) is 31.4 Å². The molecule has 0 aromatic heterocycles. The van der Waals surface area contributed by atoms with Crippen molar-refractivity contribution in [2.45, 2.75) is 16.3 Å². The molecular weight excluding hydrogens is 474 g/mol. The van der Waals surface area contributed by atoms with E-state index >= 15 is 0 Å². The highest BCUT2D eigenvalue weighted by atomic mass is 35.5. The standard InChI is InChI=1S/C21H20ClN3O5S2/c22-17-8-6-16(7-9-17)14-25(32(29,30)20-4-2-1-3-5-20)15-21(26)24-18-10-12-19(13-11-18)31(23,27)28/h1-13H,14-15H2,(H,24,26)(H2,23,27,28). The summed E-state index contributed by atoms with van der Waals surface area (Å²) >= 11 is 5.91. The molecule has 0 aliphatic rings. The van der Waals surface area contributed by atoms with Crippen LogP contribution in [0.3, 0.4) is 0 Å². The zero-order chi connectivity index (χ0) is 23.4. The molecule has 11 heteroatoms. The molecule has 0 unspecified atom stereocenters. The van der Waals surface area contributed by atoms with Crippen LogP contribution in [0.1, 0.15) is 5.56 Å². The van der Waals surface area contributed by atoms with Crippen LogP contribution < -0.4 is 10.5 Å². The zero-order valence-corrected chi connectivity index (χ0v) is 19.1. The molecule has 0 heterocycles. The normalized spacial score (nSPS) is 12.0. The van der Waals surface area contributed by atoms with Crippen LogP contribution in [-0.4, -0.2) is 33.6 Å². The van der Waals surface area contributed by atoms with E-state index in [1.54, 1.807) is 42.5 Å². The van der Waals surface area contributed by atoms with Crippen molar-refractivity contribution in [3.05, 3.63) is 89.4 Å².